The molecule has 0 bridgehead atoms. The number of nitrogens with two attached hydrogens (primary N) is 4. The summed E-state index contributed by atoms with van der Waals surface area (Å²) in [7, 11) is 0. The summed E-state index contributed by atoms with van der Waals surface area (Å²) < 4.78 is 0. The van der Waals surface area contributed by atoms with Crippen LogP contribution in [0.25, 0.3) is 0 Å². The molecule has 25 nitrogen and oxygen atoms in total. The molecule has 0 unspecified atom stereocenters. The number of hydrogen-bond donors (Lipinski definition) is 12. The van der Waals surface area contributed by atoms with Crippen molar-refractivity contribution in [2.45, 2.75) is 199 Å². The summed E-state index contributed by atoms with van der Waals surface area (Å²) in [6.45, 7) is 15.0. The number of fused-ring (bicyclic) bond motifs is 2. The number of hydrogen-bond acceptors (Lipinski definition) is 13. The molecule has 10 atom stereocenters. The van der Waals surface area contributed by atoms with Gasteiger partial charge in [-0.3, -0.25) is 52.9 Å². The monoisotopic (exact) mass is 1150 g/mol. The molecule has 10 amide bonds. The van der Waals surface area contributed by atoms with Gasteiger partial charge in [-0.15, -0.1) is 0 Å². The van der Waals surface area contributed by atoms with Crippen LogP contribution in [0.15, 0.2) is 35.3 Å². The van der Waals surface area contributed by atoms with Crippen molar-refractivity contribution in [3.8, 4) is 0 Å². The number of aliphatic imine (C=N–C) groups is 1. The first-order valence-corrected chi connectivity index (χ1v) is 29.4. The van der Waals surface area contributed by atoms with Gasteiger partial charge in [0.15, 0.2) is 5.96 Å². The Morgan fingerprint density at radius 1 is 0.488 bits per heavy atom. The van der Waals surface area contributed by atoms with E-state index in [1.807, 2.05) is 33.8 Å². The SMILES string of the molecule is CC(C)C[C@@H]1NC(=O)[C@H](CCCN)NC(=O)[C@H](C(C)C)NC(=O)[C@@H]2CCCN2C(=O)[C@@H](Cc2ccccc2)NC(=O)[C@H](CC(C)C)NC(=O)[C@H](CCCN)NC(=O)[C@H](C(C)C)NC(=O)[C@@H]2CCCN2C(=O)[C@@H](CCCN=C(N)N)NC1=O. The van der Waals surface area contributed by atoms with E-state index in [1.165, 1.54) is 9.80 Å². The maximum Gasteiger partial charge on any atom is 0.246 e. The Hall–Kier alpha value is -6.89. The summed E-state index contributed by atoms with van der Waals surface area (Å²) in [4.78, 5) is 152. The Kier molecular flexibility index (Phi) is 27.4. The van der Waals surface area contributed by atoms with Gasteiger partial charge in [0.05, 0.1) is 0 Å². The van der Waals surface area contributed by atoms with E-state index in [-0.39, 0.29) is 115 Å². The van der Waals surface area contributed by atoms with Crippen molar-refractivity contribution in [1.82, 2.24) is 52.3 Å². The molecule has 1 aromatic rings. The minimum Gasteiger partial charge on any atom is -0.370 e. The number of carbonyl (C=O) groups excluding carboxylic acids is 10. The average Bonchev–Trinajstić information content (AvgIpc) is 4.16. The van der Waals surface area contributed by atoms with E-state index in [0.29, 0.717) is 24.8 Å². The first-order valence-electron chi connectivity index (χ1n) is 29.4. The summed E-state index contributed by atoms with van der Waals surface area (Å²) in [6, 6.07) is -2.91. The fourth-order valence-electron chi connectivity index (χ4n) is 10.6. The van der Waals surface area contributed by atoms with Gasteiger partial charge in [0, 0.05) is 26.1 Å². The summed E-state index contributed by atoms with van der Waals surface area (Å²) in [5.74, 6) is -8.19. The minimum absolute atomic E-state index is 0.0209. The molecule has 3 fully saturated rings. The van der Waals surface area contributed by atoms with Crippen LogP contribution < -0.4 is 65.5 Å². The van der Waals surface area contributed by atoms with E-state index < -0.39 is 131 Å². The van der Waals surface area contributed by atoms with Crippen molar-refractivity contribution in [1.29, 1.82) is 0 Å². The summed E-state index contributed by atoms with van der Waals surface area (Å²) in [5, 5.41) is 22.6. The summed E-state index contributed by atoms with van der Waals surface area (Å²) >= 11 is 0. The molecule has 458 valence electrons. The first kappa shape index (κ1) is 67.6. The first-order chi connectivity index (χ1) is 38.9. The van der Waals surface area contributed by atoms with Crippen molar-refractivity contribution in [3.63, 3.8) is 0 Å². The van der Waals surface area contributed by atoms with Crippen LogP contribution in [0, 0.1) is 23.7 Å². The Morgan fingerprint density at radius 3 is 1.27 bits per heavy atom. The van der Waals surface area contributed by atoms with Crippen molar-refractivity contribution >= 4 is 65.0 Å². The molecule has 16 N–H and O–H groups in total. The van der Waals surface area contributed by atoms with E-state index in [4.69, 9.17) is 22.9 Å². The Morgan fingerprint density at radius 2 is 0.866 bits per heavy atom. The minimum atomic E-state index is -1.24. The molecular formula is C57H95N15O10. The number of guanidine groups is 1. The quantitative estimate of drug-likeness (QED) is 0.0479. The molecular weight excluding hydrogens is 1050 g/mol. The van der Waals surface area contributed by atoms with Gasteiger partial charge in [-0.1, -0.05) is 85.7 Å². The van der Waals surface area contributed by atoms with Gasteiger partial charge in [0.2, 0.25) is 59.1 Å². The molecule has 3 aliphatic rings. The largest absolute Gasteiger partial charge is 0.370 e. The highest BCUT2D eigenvalue weighted by molar-refractivity contribution is 6.00. The molecule has 82 heavy (non-hydrogen) atoms. The molecule has 0 aromatic heterocycles. The number of amides is 10. The zero-order chi connectivity index (χ0) is 60.8. The molecule has 3 heterocycles. The second-order valence-electron chi connectivity index (χ2n) is 23.5. The number of carbonyl (C=O) groups is 10. The third kappa shape index (κ3) is 20.5. The predicted octanol–water partition coefficient (Wildman–Crippen LogP) is -0.961. The zero-order valence-corrected chi connectivity index (χ0v) is 49.4. The number of rotatable bonds is 18. The summed E-state index contributed by atoms with van der Waals surface area (Å²) in [6.07, 6.45) is 2.51. The van der Waals surface area contributed by atoms with Crippen LogP contribution in [0.5, 0.6) is 0 Å². The van der Waals surface area contributed by atoms with E-state index in [0.717, 1.165) is 0 Å². The second-order valence-corrected chi connectivity index (χ2v) is 23.5. The van der Waals surface area contributed by atoms with Crippen molar-refractivity contribution < 1.29 is 47.9 Å². The molecule has 0 aliphatic carbocycles. The fourth-order valence-corrected chi connectivity index (χ4v) is 10.6. The highest BCUT2D eigenvalue weighted by Gasteiger charge is 2.43. The Balaban J connectivity index is 1.84. The van der Waals surface area contributed by atoms with Gasteiger partial charge in [-0.25, -0.2) is 0 Å². The van der Waals surface area contributed by atoms with Gasteiger partial charge in [-0.2, -0.15) is 0 Å². The smallest absolute Gasteiger partial charge is 0.246 e. The third-order valence-corrected chi connectivity index (χ3v) is 15.0. The second kappa shape index (κ2) is 33.3. The van der Waals surface area contributed by atoms with Crippen LogP contribution in [0.2, 0.25) is 0 Å². The highest BCUT2D eigenvalue weighted by atomic mass is 16.2. The molecule has 4 rings (SSSR count). The molecule has 3 saturated heterocycles. The lowest BCUT2D eigenvalue weighted by atomic mass is 9.99. The lowest BCUT2D eigenvalue weighted by molar-refractivity contribution is -0.143. The normalized spacial score (nSPS) is 26.5. The van der Waals surface area contributed by atoms with E-state index in [2.05, 4.69) is 47.5 Å². The van der Waals surface area contributed by atoms with Gasteiger partial charge in [0.1, 0.15) is 60.4 Å². The van der Waals surface area contributed by atoms with Gasteiger partial charge in [0.25, 0.3) is 0 Å². The van der Waals surface area contributed by atoms with Crippen LogP contribution in [0.4, 0.5) is 0 Å². The molecule has 0 radical (unpaired) electrons. The lowest BCUT2D eigenvalue weighted by Crippen LogP contribution is -2.62. The van der Waals surface area contributed by atoms with Crippen molar-refractivity contribution in [3.05, 3.63) is 35.9 Å². The fraction of sp³-hybridized carbons (Fsp3) is 0.702. The molecule has 0 saturated carbocycles. The third-order valence-electron chi connectivity index (χ3n) is 15.0. The van der Waals surface area contributed by atoms with E-state index >= 15 is 0 Å². The van der Waals surface area contributed by atoms with Gasteiger partial charge >= 0.3 is 0 Å². The van der Waals surface area contributed by atoms with Crippen LogP contribution in [-0.4, -0.2) is 168 Å². The van der Waals surface area contributed by atoms with Gasteiger partial charge in [-0.05, 0) is 119 Å². The van der Waals surface area contributed by atoms with E-state index in [1.54, 1.807) is 52.0 Å². The average molecular weight is 1150 g/mol. The van der Waals surface area contributed by atoms with Crippen LogP contribution in [0.3, 0.4) is 0 Å². The standard InChI is InChI=1S/C57H95N15O10/c1-32(2)29-40-49(75)65-39(21-14-26-62-57(60)61)55(81)71-27-15-22-43(71)51(77)69-45(34(5)6)53(79)64-38(20-13-25-59)48(74)67-41(30-33(3)4)50(76)68-42(31-36-17-10-9-11-18-36)56(82)72-28-16-23-44(72)52(78)70-46(35(7)8)54(80)63-37(19-12-24-58)47(73)66-40/h9-11,17-18,32-35,37-46H,12-16,19-31,58-59H2,1-8H3,(H,63,80)(H,64,79)(H,65,75)(H,66,73)(H,67,74)(H,68,76)(H,69,77)(H,70,78)(H4,60,61,62)/t37-,38-,39+,40-,41-,42+,43-,44-,45-,46-/m0/s1. The molecule has 0 spiro atoms. The Labute approximate surface area is 483 Å². The number of benzene rings is 1. The van der Waals surface area contributed by atoms with Gasteiger partial charge < -0.3 is 75.3 Å². The Bertz CT molecular complexity index is 2370. The predicted molar refractivity (Wildman–Crippen MR) is 310 cm³/mol. The van der Waals surface area contributed by atoms with Crippen LogP contribution in [0.1, 0.15) is 138 Å². The topological polar surface area (TPSA) is 390 Å². The molecule has 25 heteroatoms. The maximum atomic E-state index is 14.9. The van der Waals surface area contributed by atoms with Crippen molar-refractivity contribution in [2.75, 3.05) is 32.7 Å². The highest BCUT2D eigenvalue weighted by Crippen LogP contribution is 2.23. The van der Waals surface area contributed by atoms with Crippen LogP contribution in [-0.2, 0) is 54.4 Å². The van der Waals surface area contributed by atoms with Crippen LogP contribution >= 0.6 is 0 Å². The lowest BCUT2D eigenvalue weighted by Gasteiger charge is -2.33. The molecule has 3 aliphatic heterocycles. The zero-order valence-electron chi connectivity index (χ0n) is 49.4. The number of nitrogens with zero attached hydrogens (tertiary/aromatic N) is 3. The maximum absolute atomic E-state index is 14.9. The van der Waals surface area contributed by atoms with Crippen molar-refractivity contribution in [2.24, 2.45) is 51.6 Å². The number of nitrogens with one attached hydrogen (secondary N) is 8. The molecule has 1 aromatic carbocycles. The van der Waals surface area contributed by atoms with E-state index in [9.17, 15) is 47.9 Å². The summed E-state index contributed by atoms with van der Waals surface area (Å²) in [5.41, 5.74) is 23.7.